The highest BCUT2D eigenvalue weighted by Crippen LogP contribution is 2.06. The molecule has 3 heteroatoms. The number of nitrogens with one attached hydrogen (secondary N) is 1. The zero-order valence-corrected chi connectivity index (χ0v) is 8.75. The molecule has 3 nitrogen and oxygen atoms in total. The molecule has 1 aromatic rings. The van der Waals surface area contributed by atoms with Crippen molar-refractivity contribution < 1.29 is 0 Å². The van der Waals surface area contributed by atoms with Crippen molar-refractivity contribution in [3.8, 4) is 0 Å². The maximum atomic E-state index is 7.32. The Morgan fingerprint density at radius 2 is 2.21 bits per heavy atom. The van der Waals surface area contributed by atoms with E-state index in [2.05, 4.69) is 24.9 Å². The van der Waals surface area contributed by atoms with Crippen LogP contribution in [0.2, 0.25) is 0 Å². The molecule has 76 valence electrons. The number of rotatable bonds is 4. The highest BCUT2D eigenvalue weighted by Gasteiger charge is 2.00. The van der Waals surface area contributed by atoms with Gasteiger partial charge in [0.15, 0.2) is 0 Å². The fourth-order valence-electron chi connectivity index (χ4n) is 1.26. The van der Waals surface area contributed by atoms with Crippen molar-refractivity contribution in [2.45, 2.75) is 13.5 Å². The van der Waals surface area contributed by atoms with Gasteiger partial charge in [-0.1, -0.05) is 25.1 Å². The van der Waals surface area contributed by atoms with Crippen LogP contribution in [-0.2, 0) is 6.54 Å². The zero-order chi connectivity index (χ0) is 10.6. The van der Waals surface area contributed by atoms with E-state index in [1.807, 2.05) is 18.2 Å². The van der Waals surface area contributed by atoms with E-state index in [4.69, 9.17) is 11.1 Å². The SMILES string of the molecule is CCN(C)Cc1cccc(C(=N)N)c1. The maximum absolute atomic E-state index is 7.32. The van der Waals surface area contributed by atoms with E-state index in [0.717, 1.165) is 18.7 Å². The van der Waals surface area contributed by atoms with Gasteiger partial charge < -0.3 is 10.6 Å². The van der Waals surface area contributed by atoms with Gasteiger partial charge in [-0.15, -0.1) is 0 Å². The second kappa shape index (κ2) is 4.77. The molecule has 0 unspecified atom stereocenters. The number of nitrogens with zero attached hydrogens (tertiary/aromatic N) is 1. The van der Waals surface area contributed by atoms with Gasteiger partial charge in [0.2, 0.25) is 0 Å². The standard InChI is InChI=1S/C11H17N3/c1-3-14(2)8-9-5-4-6-10(7-9)11(12)13/h4-7H,3,8H2,1-2H3,(H3,12,13). The van der Waals surface area contributed by atoms with Crippen molar-refractivity contribution in [1.29, 1.82) is 5.41 Å². The topological polar surface area (TPSA) is 53.1 Å². The van der Waals surface area contributed by atoms with Crippen molar-refractivity contribution >= 4 is 5.84 Å². The molecule has 0 spiro atoms. The summed E-state index contributed by atoms with van der Waals surface area (Å²) in [6.45, 7) is 4.04. The Morgan fingerprint density at radius 3 is 2.79 bits per heavy atom. The Labute approximate surface area is 85.0 Å². The van der Waals surface area contributed by atoms with Gasteiger partial charge >= 0.3 is 0 Å². The molecule has 0 amide bonds. The van der Waals surface area contributed by atoms with Crippen molar-refractivity contribution in [3.63, 3.8) is 0 Å². The van der Waals surface area contributed by atoms with Crippen LogP contribution in [0.5, 0.6) is 0 Å². The lowest BCUT2D eigenvalue weighted by molar-refractivity contribution is 0.346. The fourth-order valence-corrected chi connectivity index (χ4v) is 1.26. The maximum Gasteiger partial charge on any atom is 0.122 e. The molecule has 3 N–H and O–H groups in total. The number of hydrogen-bond acceptors (Lipinski definition) is 2. The normalized spacial score (nSPS) is 10.5. The molecule has 0 fully saturated rings. The van der Waals surface area contributed by atoms with E-state index < -0.39 is 0 Å². The molecular weight excluding hydrogens is 174 g/mol. The molecule has 0 aliphatic heterocycles. The minimum atomic E-state index is 0.131. The molecule has 0 bridgehead atoms. The Kier molecular flexibility index (Phi) is 3.65. The molecule has 0 aliphatic rings. The third-order valence-electron chi connectivity index (χ3n) is 2.23. The minimum Gasteiger partial charge on any atom is -0.384 e. The summed E-state index contributed by atoms with van der Waals surface area (Å²) in [7, 11) is 2.07. The third kappa shape index (κ3) is 2.85. The van der Waals surface area contributed by atoms with Gasteiger partial charge in [-0.3, -0.25) is 5.41 Å². The van der Waals surface area contributed by atoms with Gasteiger partial charge in [-0.05, 0) is 25.2 Å². The minimum absolute atomic E-state index is 0.131. The summed E-state index contributed by atoms with van der Waals surface area (Å²) in [6.07, 6.45) is 0. The Balaban J connectivity index is 2.78. The van der Waals surface area contributed by atoms with E-state index in [1.165, 1.54) is 5.56 Å². The summed E-state index contributed by atoms with van der Waals surface area (Å²) in [5, 5.41) is 7.32. The largest absolute Gasteiger partial charge is 0.384 e. The monoisotopic (exact) mass is 191 g/mol. The van der Waals surface area contributed by atoms with Gasteiger partial charge in [0, 0.05) is 12.1 Å². The van der Waals surface area contributed by atoms with Crippen LogP contribution in [0.3, 0.4) is 0 Å². The molecule has 0 saturated carbocycles. The first-order valence-corrected chi connectivity index (χ1v) is 4.75. The summed E-state index contributed by atoms with van der Waals surface area (Å²) in [4.78, 5) is 2.21. The number of benzene rings is 1. The fraction of sp³-hybridized carbons (Fsp3) is 0.364. The van der Waals surface area contributed by atoms with Crippen LogP contribution in [-0.4, -0.2) is 24.3 Å². The molecule has 0 saturated heterocycles. The van der Waals surface area contributed by atoms with Crippen molar-refractivity contribution in [3.05, 3.63) is 35.4 Å². The molecule has 0 atom stereocenters. The average Bonchev–Trinajstić information content (AvgIpc) is 2.18. The Morgan fingerprint density at radius 1 is 1.50 bits per heavy atom. The first-order valence-electron chi connectivity index (χ1n) is 4.75. The van der Waals surface area contributed by atoms with E-state index >= 15 is 0 Å². The van der Waals surface area contributed by atoms with Crippen LogP contribution >= 0.6 is 0 Å². The summed E-state index contributed by atoms with van der Waals surface area (Å²) in [5.74, 6) is 0.131. The molecule has 1 aromatic carbocycles. The Bertz CT molecular complexity index is 320. The third-order valence-corrected chi connectivity index (χ3v) is 2.23. The summed E-state index contributed by atoms with van der Waals surface area (Å²) in [5.41, 5.74) is 7.41. The summed E-state index contributed by atoms with van der Waals surface area (Å²) < 4.78 is 0. The van der Waals surface area contributed by atoms with E-state index in [0.29, 0.717) is 0 Å². The van der Waals surface area contributed by atoms with Gasteiger partial charge in [0.05, 0.1) is 0 Å². The number of amidine groups is 1. The molecule has 0 radical (unpaired) electrons. The van der Waals surface area contributed by atoms with E-state index in [1.54, 1.807) is 0 Å². The van der Waals surface area contributed by atoms with Crippen LogP contribution in [0.15, 0.2) is 24.3 Å². The number of nitrogens with two attached hydrogens (primary N) is 1. The Hall–Kier alpha value is -1.35. The van der Waals surface area contributed by atoms with Gasteiger partial charge in [-0.25, -0.2) is 0 Å². The van der Waals surface area contributed by atoms with E-state index in [9.17, 15) is 0 Å². The predicted molar refractivity (Wildman–Crippen MR) is 59.5 cm³/mol. The predicted octanol–water partition coefficient (Wildman–Crippen LogP) is 1.42. The van der Waals surface area contributed by atoms with Crippen LogP contribution in [0.4, 0.5) is 0 Å². The average molecular weight is 191 g/mol. The molecule has 1 rings (SSSR count). The lowest BCUT2D eigenvalue weighted by Gasteiger charge is -2.14. The highest BCUT2D eigenvalue weighted by atomic mass is 15.1. The number of hydrogen-bond donors (Lipinski definition) is 2. The highest BCUT2D eigenvalue weighted by molar-refractivity contribution is 5.95. The molecule has 0 aliphatic carbocycles. The summed E-state index contributed by atoms with van der Waals surface area (Å²) >= 11 is 0. The van der Waals surface area contributed by atoms with Crippen LogP contribution in [0, 0.1) is 5.41 Å². The second-order valence-corrected chi connectivity index (χ2v) is 3.44. The molecule has 0 aromatic heterocycles. The van der Waals surface area contributed by atoms with Crippen molar-refractivity contribution in [2.24, 2.45) is 5.73 Å². The van der Waals surface area contributed by atoms with Crippen LogP contribution < -0.4 is 5.73 Å². The van der Waals surface area contributed by atoms with Crippen LogP contribution in [0.1, 0.15) is 18.1 Å². The second-order valence-electron chi connectivity index (χ2n) is 3.44. The lowest BCUT2D eigenvalue weighted by Crippen LogP contribution is -2.17. The van der Waals surface area contributed by atoms with E-state index in [-0.39, 0.29) is 5.84 Å². The first-order chi connectivity index (χ1) is 6.63. The zero-order valence-electron chi connectivity index (χ0n) is 8.75. The smallest absolute Gasteiger partial charge is 0.122 e. The first kappa shape index (κ1) is 10.7. The van der Waals surface area contributed by atoms with Crippen LogP contribution in [0.25, 0.3) is 0 Å². The molecule has 0 heterocycles. The quantitative estimate of drug-likeness (QED) is 0.558. The molecule has 14 heavy (non-hydrogen) atoms. The van der Waals surface area contributed by atoms with Crippen molar-refractivity contribution in [2.75, 3.05) is 13.6 Å². The lowest BCUT2D eigenvalue weighted by atomic mass is 10.1. The molecular formula is C11H17N3. The van der Waals surface area contributed by atoms with Crippen molar-refractivity contribution in [1.82, 2.24) is 4.90 Å². The van der Waals surface area contributed by atoms with Gasteiger partial charge in [0.25, 0.3) is 0 Å². The van der Waals surface area contributed by atoms with Gasteiger partial charge in [-0.2, -0.15) is 0 Å². The number of nitrogen functional groups attached to an aromatic ring is 1. The van der Waals surface area contributed by atoms with Gasteiger partial charge in [0.1, 0.15) is 5.84 Å². The summed E-state index contributed by atoms with van der Waals surface area (Å²) in [6, 6.07) is 7.82.